The second kappa shape index (κ2) is 10.4. The van der Waals surface area contributed by atoms with Gasteiger partial charge in [0, 0.05) is 23.2 Å². The highest BCUT2D eigenvalue weighted by Crippen LogP contribution is 2.49. The van der Waals surface area contributed by atoms with Crippen LogP contribution in [0.15, 0.2) is 36.4 Å². The van der Waals surface area contributed by atoms with E-state index in [0.29, 0.717) is 25.4 Å². The third-order valence-corrected chi connectivity index (χ3v) is 8.86. The van der Waals surface area contributed by atoms with Gasteiger partial charge in [-0.15, -0.1) is 11.8 Å². The average molecular weight is 528 g/mol. The zero-order valence-electron chi connectivity index (χ0n) is 17.1. The number of rotatable bonds is 7. The molecule has 1 saturated heterocycles. The number of phenols is 1. The van der Waals surface area contributed by atoms with Gasteiger partial charge in [-0.25, -0.2) is 0 Å². The number of ether oxygens (including phenoxy) is 2. The summed E-state index contributed by atoms with van der Waals surface area (Å²) >= 11 is 4.12. The monoisotopic (exact) mass is 528 g/mol. The number of benzene rings is 2. The van der Waals surface area contributed by atoms with Crippen molar-refractivity contribution < 1.29 is 19.7 Å². The summed E-state index contributed by atoms with van der Waals surface area (Å²) in [5.74, 6) is 1.19. The number of methoxy groups -OCH3 is 1. The van der Waals surface area contributed by atoms with Crippen molar-refractivity contribution in [3.8, 4) is 11.5 Å². The highest BCUT2D eigenvalue weighted by molar-refractivity contribution is 14.1. The van der Waals surface area contributed by atoms with E-state index in [2.05, 4.69) is 40.8 Å². The van der Waals surface area contributed by atoms with Gasteiger partial charge in [-0.3, -0.25) is 0 Å². The average Bonchev–Trinajstić information content (AvgIpc) is 2.69. The van der Waals surface area contributed by atoms with Crippen LogP contribution >= 0.6 is 34.4 Å². The van der Waals surface area contributed by atoms with E-state index in [1.165, 1.54) is 11.1 Å². The van der Waals surface area contributed by atoms with Gasteiger partial charge < -0.3 is 19.7 Å². The Morgan fingerprint density at radius 1 is 1.21 bits per heavy atom. The lowest BCUT2D eigenvalue weighted by molar-refractivity contribution is 0.133. The number of aryl methyl sites for hydroxylation is 1. The lowest BCUT2D eigenvalue weighted by Gasteiger charge is -2.37. The van der Waals surface area contributed by atoms with Gasteiger partial charge in [0.15, 0.2) is 0 Å². The molecule has 1 aliphatic heterocycles. The summed E-state index contributed by atoms with van der Waals surface area (Å²) in [6.45, 7) is 5.28. The summed E-state index contributed by atoms with van der Waals surface area (Å²) in [6, 6.07) is 12.2. The van der Waals surface area contributed by atoms with E-state index < -0.39 is 6.10 Å². The van der Waals surface area contributed by atoms with Crippen molar-refractivity contribution >= 4 is 34.4 Å². The molecule has 29 heavy (non-hydrogen) atoms. The van der Waals surface area contributed by atoms with E-state index >= 15 is 0 Å². The third kappa shape index (κ3) is 5.60. The molecule has 2 N–H and O–H groups in total. The Balaban J connectivity index is 1.86. The standard InChI is InChI=1S/C23H29IO4S/c1-4-28-17-7-5-15(6-8-17)10-16-11-19(20(25)9-14(16)2)23-22(24)21(26)12-18(29-23)13-27-3/h5-9,11,18,21-23,25-26H,4,10,12-13H2,1-3H3. The molecule has 4 nitrogen and oxygen atoms in total. The van der Waals surface area contributed by atoms with Gasteiger partial charge in [0.05, 0.1) is 23.2 Å². The number of halogens is 1. The van der Waals surface area contributed by atoms with Crippen LogP contribution in [-0.2, 0) is 11.2 Å². The van der Waals surface area contributed by atoms with Crippen molar-refractivity contribution in [3.05, 3.63) is 58.7 Å². The smallest absolute Gasteiger partial charge is 0.120 e. The molecular weight excluding hydrogens is 499 g/mol. The Morgan fingerprint density at radius 3 is 2.59 bits per heavy atom. The maximum atomic E-state index is 10.7. The first-order valence-electron chi connectivity index (χ1n) is 9.93. The Bertz CT molecular complexity index is 811. The predicted molar refractivity (Wildman–Crippen MR) is 128 cm³/mol. The molecule has 3 rings (SSSR count). The Kier molecular flexibility index (Phi) is 8.13. The van der Waals surface area contributed by atoms with Crippen LogP contribution < -0.4 is 4.74 Å². The molecular formula is C23H29IO4S. The van der Waals surface area contributed by atoms with E-state index in [4.69, 9.17) is 9.47 Å². The number of aliphatic hydroxyl groups excluding tert-OH is 1. The maximum absolute atomic E-state index is 10.7. The molecule has 0 bridgehead atoms. The highest BCUT2D eigenvalue weighted by atomic mass is 127. The second-order valence-electron chi connectivity index (χ2n) is 7.47. The highest BCUT2D eigenvalue weighted by Gasteiger charge is 2.38. The number of hydrogen-bond acceptors (Lipinski definition) is 5. The lowest BCUT2D eigenvalue weighted by Crippen LogP contribution is -2.36. The van der Waals surface area contributed by atoms with Gasteiger partial charge in [-0.1, -0.05) is 40.8 Å². The molecule has 0 amide bonds. The first-order chi connectivity index (χ1) is 13.9. The molecule has 158 valence electrons. The van der Waals surface area contributed by atoms with Crippen LogP contribution in [0.2, 0.25) is 0 Å². The van der Waals surface area contributed by atoms with Crippen molar-refractivity contribution in [1.82, 2.24) is 0 Å². The molecule has 0 aliphatic carbocycles. The zero-order valence-corrected chi connectivity index (χ0v) is 20.1. The molecule has 4 unspecified atom stereocenters. The van der Waals surface area contributed by atoms with Crippen LogP contribution in [0.4, 0.5) is 0 Å². The summed E-state index contributed by atoms with van der Waals surface area (Å²) in [5, 5.41) is 21.5. The van der Waals surface area contributed by atoms with E-state index in [1.807, 2.05) is 32.0 Å². The summed E-state index contributed by atoms with van der Waals surface area (Å²) in [5.41, 5.74) is 4.36. The van der Waals surface area contributed by atoms with Crippen molar-refractivity contribution in [1.29, 1.82) is 0 Å². The quantitative estimate of drug-likeness (QED) is 0.389. The van der Waals surface area contributed by atoms with Gasteiger partial charge in [0.1, 0.15) is 11.5 Å². The first kappa shape index (κ1) is 22.7. The molecule has 0 radical (unpaired) electrons. The van der Waals surface area contributed by atoms with E-state index in [9.17, 15) is 10.2 Å². The van der Waals surface area contributed by atoms with Crippen LogP contribution in [0.1, 0.15) is 40.8 Å². The van der Waals surface area contributed by atoms with E-state index in [0.717, 1.165) is 23.3 Å². The summed E-state index contributed by atoms with van der Waals surface area (Å²) in [4.78, 5) is 0. The lowest BCUT2D eigenvalue weighted by atomic mass is 9.94. The van der Waals surface area contributed by atoms with Gasteiger partial charge >= 0.3 is 0 Å². The normalized spacial score (nSPS) is 24.4. The molecule has 6 heteroatoms. The molecule has 0 spiro atoms. The fourth-order valence-electron chi connectivity index (χ4n) is 3.74. The van der Waals surface area contributed by atoms with Gasteiger partial charge in [0.25, 0.3) is 0 Å². The molecule has 1 fully saturated rings. The van der Waals surface area contributed by atoms with Gasteiger partial charge in [-0.05, 0) is 61.6 Å². The van der Waals surface area contributed by atoms with Crippen LogP contribution in [-0.4, -0.2) is 45.8 Å². The Morgan fingerprint density at radius 2 is 1.93 bits per heavy atom. The van der Waals surface area contributed by atoms with E-state index in [-0.39, 0.29) is 14.4 Å². The molecule has 1 aliphatic rings. The molecule has 4 atom stereocenters. The predicted octanol–water partition coefficient (Wildman–Crippen LogP) is 5.05. The number of hydrogen-bond donors (Lipinski definition) is 2. The first-order valence-corrected chi connectivity index (χ1v) is 12.1. The minimum Gasteiger partial charge on any atom is -0.508 e. The van der Waals surface area contributed by atoms with Gasteiger partial charge in [0.2, 0.25) is 0 Å². The Hall–Kier alpha value is -0.960. The number of thioether (sulfide) groups is 1. The molecule has 2 aromatic carbocycles. The summed E-state index contributed by atoms with van der Waals surface area (Å²) < 4.78 is 10.9. The van der Waals surface area contributed by atoms with Crippen LogP contribution in [0, 0.1) is 6.92 Å². The van der Waals surface area contributed by atoms with Crippen molar-refractivity contribution in [2.24, 2.45) is 0 Å². The summed E-state index contributed by atoms with van der Waals surface area (Å²) in [7, 11) is 1.69. The largest absolute Gasteiger partial charge is 0.508 e. The minimum atomic E-state index is -0.405. The minimum absolute atomic E-state index is 0.0270. The molecule has 0 aromatic heterocycles. The third-order valence-electron chi connectivity index (χ3n) is 5.27. The van der Waals surface area contributed by atoms with Crippen molar-refractivity contribution in [2.75, 3.05) is 20.3 Å². The maximum Gasteiger partial charge on any atom is 0.120 e. The Labute approximate surface area is 191 Å². The van der Waals surface area contributed by atoms with Crippen molar-refractivity contribution in [3.63, 3.8) is 0 Å². The topological polar surface area (TPSA) is 58.9 Å². The molecule has 0 saturated carbocycles. The van der Waals surface area contributed by atoms with Gasteiger partial charge in [-0.2, -0.15) is 0 Å². The number of phenolic OH excluding ortho intramolecular Hbond substituents is 1. The number of aliphatic hydroxyl groups is 1. The molecule has 2 aromatic rings. The van der Waals surface area contributed by atoms with Crippen LogP contribution in [0.25, 0.3) is 0 Å². The zero-order chi connectivity index (χ0) is 21.0. The second-order valence-corrected chi connectivity index (χ2v) is 10.4. The van der Waals surface area contributed by atoms with Crippen LogP contribution in [0.5, 0.6) is 11.5 Å². The number of aromatic hydroxyl groups is 1. The number of alkyl halides is 1. The van der Waals surface area contributed by atoms with Crippen molar-refractivity contribution in [2.45, 2.75) is 47.2 Å². The fraction of sp³-hybridized carbons (Fsp3) is 0.478. The summed E-state index contributed by atoms with van der Waals surface area (Å²) in [6.07, 6.45) is 1.10. The van der Waals surface area contributed by atoms with E-state index in [1.54, 1.807) is 18.9 Å². The molecule has 1 heterocycles. The fourth-order valence-corrected chi connectivity index (χ4v) is 6.54. The van der Waals surface area contributed by atoms with Crippen LogP contribution in [0.3, 0.4) is 0 Å². The SMILES string of the molecule is CCOc1ccc(Cc2cc(C3SC(COC)CC(O)C3I)c(O)cc2C)cc1.